The van der Waals surface area contributed by atoms with E-state index in [4.69, 9.17) is 4.74 Å². The fraction of sp³-hybridized carbons (Fsp3) is 0.611. The third kappa shape index (κ3) is 4.82. The number of amides is 1. The zero-order valence-corrected chi connectivity index (χ0v) is 13.9. The van der Waals surface area contributed by atoms with Crippen LogP contribution in [0.4, 0.5) is 0 Å². The van der Waals surface area contributed by atoms with Crippen LogP contribution in [-0.2, 0) is 9.53 Å². The van der Waals surface area contributed by atoms with E-state index in [1.165, 1.54) is 0 Å². The SMILES string of the molecule is CC(CCN(C)C)NC(=O)C1CCCOC1c1ccccc1. The number of hydrogen-bond acceptors (Lipinski definition) is 3. The molecule has 1 amide bonds. The Morgan fingerprint density at radius 2 is 2.09 bits per heavy atom. The molecular weight excluding hydrogens is 276 g/mol. The maximum atomic E-state index is 12.6. The lowest BCUT2D eigenvalue weighted by Crippen LogP contribution is -2.42. The number of rotatable bonds is 6. The summed E-state index contributed by atoms with van der Waals surface area (Å²) in [6.45, 7) is 3.78. The van der Waals surface area contributed by atoms with Gasteiger partial charge in [0.25, 0.3) is 0 Å². The van der Waals surface area contributed by atoms with Crippen LogP contribution in [0.1, 0.15) is 37.9 Å². The Labute approximate surface area is 133 Å². The Morgan fingerprint density at radius 1 is 1.36 bits per heavy atom. The number of benzene rings is 1. The van der Waals surface area contributed by atoms with Gasteiger partial charge in [-0.25, -0.2) is 0 Å². The normalized spacial score (nSPS) is 23.3. The number of nitrogens with zero attached hydrogens (tertiary/aromatic N) is 1. The molecule has 1 aliphatic heterocycles. The minimum absolute atomic E-state index is 0.0852. The molecule has 4 heteroatoms. The second-order valence-electron chi connectivity index (χ2n) is 6.45. The van der Waals surface area contributed by atoms with E-state index in [0.29, 0.717) is 0 Å². The lowest BCUT2D eigenvalue weighted by Gasteiger charge is -2.32. The molecule has 1 N–H and O–H groups in total. The van der Waals surface area contributed by atoms with Crippen molar-refractivity contribution in [3.63, 3.8) is 0 Å². The summed E-state index contributed by atoms with van der Waals surface area (Å²) in [7, 11) is 4.10. The van der Waals surface area contributed by atoms with Gasteiger partial charge in [0.1, 0.15) is 0 Å². The van der Waals surface area contributed by atoms with Gasteiger partial charge in [-0.2, -0.15) is 0 Å². The van der Waals surface area contributed by atoms with Gasteiger partial charge in [0.15, 0.2) is 0 Å². The van der Waals surface area contributed by atoms with Crippen LogP contribution in [0.25, 0.3) is 0 Å². The average Bonchev–Trinajstić information content (AvgIpc) is 2.53. The number of carbonyl (C=O) groups is 1. The van der Waals surface area contributed by atoms with E-state index in [-0.39, 0.29) is 24.0 Å². The van der Waals surface area contributed by atoms with Gasteiger partial charge in [-0.05, 0) is 52.4 Å². The standard InChI is InChI=1S/C18H28N2O2/c1-14(11-12-20(2)3)19-18(21)16-10-7-13-22-17(16)15-8-5-4-6-9-15/h4-6,8-9,14,16-17H,7,10-13H2,1-3H3,(H,19,21). The first kappa shape index (κ1) is 17.0. The predicted octanol–water partition coefficient (Wildman–Crippen LogP) is 2.61. The minimum atomic E-state index is -0.115. The number of nitrogens with one attached hydrogen (secondary N) is 1. The lowest BCUT2D eigenvalue weighted by molar-refractivity contribution is -0.135. The van der Waals surface area contributed by atoms with E-state index < -0.39 is 0 Å². The van der Waals surface area contributed by atoms with E-state index in [9.17, 15) is 4.79 Å². The third-order valence-electron chi connectivity index (χ3n) is 4.19. The molecule has 2 rings (SSSR count). The minimum Gasteiger partial charge on any atom is -0.373 e. The highest BCUT2D eigenvalue weighted by Crippen LogP contribution is 2.33. The van der Waals surface area contributed by atoms with Crippen LogP contribution < -0.4 is 5.32 Å². The van der Waals surface area contributed by atoms with Gasteiger partial charge in [-0.3, -0.25) is 4.79 Å². The molecular formula is C18H28N2O2. The van der Waals surface area contributed by atoms with Crippen molar-refractivity contribution >= 4 is 5.91 Å². The van der Waals surface area contributed by atoms with Crippen molar-refractivity contribution in [2.24, 2.45) is 5.92 Å². The highest BCUT2D eigenvalue weighted by Gasteiger charge is 2.33. The highest BCUT2D eigenvalue weighted by molar-refractivity contribution is 5.79. The molecule has 1 aromatic rings. The largest absolute Gasteiger partial charge is 0.373 e. The number of hydrogen-bond donors (Lipinski definition) is 1. The first-order chi connectivity index (χ1) is 10.6. The molecule has 1 saturated heterocycles. The predicted molar refractivity (Wildman–Crippen MR) is 88.6 cm³/mol. The topological polar surface area (TPSA) is 41.6 Å². The highest BCUT2D eigenvalue weighted by atomic mass is 16.5. The van der Waals surface area contributed by atoms with Crippen LogP contribution in [0.5, 0.6) is 0 Å². The molecule has 1 fully saturated rings. The molecule has 3 unspecified atom stereocenters. The van der Waals surface area contributed by atoms with Gasteiger partial charge in [-0.15, -0.1) is 0 Å². The van der Waals surface area contributed by atoms with E-state index >= 15 is 0 Å². The van der Waals surface area contributed by atoms with Crippen molar-refractivity contribution in [2.75, 3.05) is 27.2 Å². The molecule has 1 aromatic carbocycles. The maximum Gasteiger partial charge on any atom is 0.226 e. The maximum absolute atomic E-state index is 12.6. The molecule has 0 bridgehead atoms. The van der Waals surface area contributed by atoms with E-state index in [1.54, 1.807) is 0 Å². The molecule has 0 radical (unpaired) electrons. The van der Waals surface area contributed by atoms with Gasteiger partial charge in [0.05, 0.1) is 12.0 Å². The molecule has 0 saturated carbocycles. The van der Waals surface area contributed by atoms with Crippen molar-refractivity contribution in [3.05, 3.63) is 35.9 Å². The Balaban J connectivity index is 1.97. The van der Waals surface area contributed by atoms with Crippen LogP contribution >= 0.6 is 0 Å². The van der Waals surface area contributed by atoms with Gasteiger partial charge >= 0.3 is 0 Å². The quantitative estimate of drug-likeness (QED) is 0.878. The third-order valence-corrected chi connectivity index (χ3v) is 4.19. The van der Waals surface area contributed by atoms with Gasteiger partial charge in [-0.1, -0.05) is 30.3 Å². The Hall–Kier alpha value is -1.39. The Bertz CT molecular complexity index is 461. The first-order valence-electron chi connectivity index (χ1n) is 8.19. The molecule has 1 heterocycles. The molecule has 22 heavy (non-hydrogen) atoms. The van der Waals surface area contributed by atoms with E-state index in [2.05, 4.69) is 31.2 Å². The number of ether oxygens (including phenoxy) is 1. The van der Waals surface area contributed by atoms with Crippen molar-refractivity contribution in [1.82, 2.24) is 10.2 Å². The zero-order chi connectivity index (χ0) is 15.9. The number of carbonyl (C=O) groups excluding carboxylic acids is 1. The van der Waals surface area contributed by atoms with Crippen molar-refractivity contribution in [3.8, 4) is 0 Å². The molecule has 122 valence electrons. The summed E-state index contributed by atoms with van der Waals surface area (Å²) in [5.41, 5.74) is 1.10. The van der Waals surface area contributed by atoms with Gasteiger partial charge in [0, 0.05) is 12.6 Å². The fourth-order valence-corrected chi connectivity index (χ4v) is 2.89. The summed E-state index contributed by atoms with van der Waals surface area (Å²) in [5.74, 6) is 0.0396. The molecule has 4 nitrogen and oxygen atoms in total. The summed E-state index contributed by atoms with van der Waals surface area (Å²) in [6.07, 6.45) is 2.69. The van der Waals surface area contributed by atoms with Gasteiger partial charge in [0.2, 0.25) is 5.91 Å². The van der Waals surface area contributed by atoms with E-state index in [0.717, 1.165) is 38.0 Å². The Morgan fingerprint density at radius 3 is 2.77 bits per heavy atom. The second kappa shape index (κ2) is 8.30. The van der Waals surface area contributed by atoms with Gasteiger partial charge < -0.3 is 15.0 Å². The summed E-state index contributed by atoms with van der Waals surface area (Å²) in [4.78, 5) is 14.8. The summed E-state index contributed by atoms with van der Waals surface area (Å²) in [5, 5.41) is 3.16. The molecule has 0 aromatic heterocycles. The van der Waals surface area contributed by atoms with Crippen LogP contribution in [0, 0.1) is 5.92 Å². The van der Waals surface area contributed by atoms with Crippen molar-refractivity contribution in [1.29, 1.82) is 0 Å². The molecule has 0 spiro atoms. The average molecular weight is 304 g/mol. The molecule has 1 aliphatic rings. The summed E-state index contributed by atoms with van der Waals surface area (Å²) in [6, 6.07) is 10.3. The summed E-state index contributed by atoms with van der Waals surface area (Å²) < 4.78 is 5.91. The zero-order valence-electron chi connectivity index (χ0n) is 13.9. The summed E-state index contributed by atoms with van der Waals surface area (Å²) >= 11 is 0. The monoisotopic (exact) mass is 304 g/mol. The fourth-order valence-electron chi connectivity index (χ4n) is 2.89. The van der Waals surface area contributed by atoms with Crippen molar-refractivity contribution in [2.45, 2.75) is 38.3 Å². The van der Waals surface area contributed by atoms with Crippen molar-refractivity contribution < 1.29 is 9.53 Å². The molecule has 0 aliphatic carbocycles. The van der Waals surface area contributed by atoms with Crippen LogP contribution in [0.3, 0.4) is 0 Å². The Kier molecular flexibility index (Phi) is 6.40. The first-order valence-corrected chi connectivity index (χ1v) is 8.19. The smallest absolute Gasteiger partial charge is 0.226 e. The van der Waals surface area contributed by atoms with Crippen LogP contribution in [0.2, 0.25) is 0 Å². The van der Waals surface area contributed by atoms with Crippen LogP contribution in [0.15, 0.2) is 30.3 Å². The van der Waals surface area contributed by atoms with E-state index in [1.807, 2.05) is 30.3 Å². The second-order valence-corrected chi connectivity index (χ2v) is 6.45. The molecule has 3 atom stereocenters. The lowest BCUT2D eigenvalue weighted by atomic mass is 9.88. The van der Waals surface area contributed by atoms with Crippen LogP contribution in [-0.4, -0.2) is 44.1 Å².